The van der Waals surface area contributed by atoms with Gasteiger partial charge in [-0.2, -0.15) is 0 Å². The molecule has 0 atom stereocenters. The average molecular weight is 329 g/mol. The molecule has 1 fully saturated rings. The van der Waals surface area contributed by atoms with Crippen LogP contribution in [0.1, 0.15) is 52.7 Å². The number of aryl methyl sites for hydroxylation is 1. The molecule has 130 valence electrons. The maximum atomic E-state index is 11.4. The standard InChI is InChI=1S/C19H28BNO3/c1-7-15-10-8-9-11-16(15)12-17(13-21-14(2)22)20-23-18(3,4)19(5,6)24-20/h8-12H,7,13H2,1-6H3,(H,21,22). The van der Waals surface area contributed by atoms with Crippen LogP contribution in [0.5, 0.6) is 0 Å². The summed E-state index contributed by atoms with van der Waals surface area (Å²) in [5.41, 5.74) is 2.50. The van der Waals surface area contributed by atoms with E-state index in [1.165, 1.54) is 12.5 Å². The van der Waals surface area contributed by atoms with Gasteiger partial charge in [-0.3, -0.25) is 4.79 Å². The van der Waals surface area contributed by atoms with Crippen LogP contribution in [0.25, 0.3) is 6.08 Å². The van der Waals surface area contributed by atoms with Gasteiger partial charge in [-0.25, -0.2) is 0 Å². The first-order valence-corrected chi connectivity index (χ1v) is 8.54. The second-order valence-electron chi connectivity index (χ2n) is 7.27. The summed E-state index contributed by atoms with van der Waals surface area (Å²) in [5.74, 6) is -0.0683. The summed E-state index contributed by atoms with van der Waals surface area (Å²) >= 11 is 0. The van der Waals surface area contributed by atoms with Crippen LogP contribution in [0.2, 0.25) is 0 Å². The van der Waals surface area contributed by atoms with Gasteiger partial charge in [0.2, 0.25) is 5.91 Å². The SMILES string of the molecule is CCc1ccccc1C=C(CNC(C)=O)B1OC(C)(C)C(C)(C)O1. The van der Waals surface area contributed by atoms with Crippen molar-refractivity contribution in [3.05, 3.63) is 40.9 Å². The fraction of sp³-hybridized carbons (Fsp3) is 0.526. The molecule has 2 rings (SSSR count). The Morgan fingerprint density at radius 3 is 2.29 bits per heavy atom. The smallest absolute Gasteiger partial charge is 0.400 e. The van der Waals surface area contributed by atoms with E-state index in [1.807, 2.05) is 39.8 Å². The minimum atomic E-state index is -0.466. The van der Waals surface area contributed by atoms with Gasteiger partial charge in [-0.15, -0.1) is 0 Å². The minimum absolute atomic E-state index is 0.0683. The lowest BCUT2D eigenvalue weighted by Gasteiger charge is -2.32. The van der Waals surface area contributed by atoms with Crippen molar-refractivity contribution >= 4 is 19.1 Å². The van der Waals surface area contributed by atoms with Crippen LogP contribution >= 0.6 is 0 Å². The topological polar surface area (TPSA) is 47.6 Å². The van der Waals surface area contributed by atoms with Crippen molar-refractivity contribution in [3.8, 4) is 0 Å². The molecule has 1 aromatic carbocycles. The number of rotatable bonds is 5. The fourth-order valence-electron chi connectivity index (χ4n) is 2.62. The summed E-state index contributed by atoms with van der Waals surface area (Å²) in [6, 6.07) is 8.26. The van der Waals surface area contributed by atoms with Gasteiger partial charge in [0.1, 0.15) is 0 Å². The molecule has 0 aromatic heterocycles. The second-order valence-corrected chi connectivity index (χ2v) is 7.27. The van der Waals surface area contributed by atoms with E-state index < -0.39 is 18.3 Å². The van der Waals surface area contributed by atoms with Crippen LogP contribution in [0.3, 0.4) is 0 Å². The lowest BCUT2D eigenvalue weighted by Crippen LogP contribution is -2.41. The molecule has 0 unspecified atom stereocenters. The molecule has 1 aliphatic rings. The number of carbonyl (C=O) groups is 1. The van der Waals surface area contributed by atoms with Gasteiger partial charge in [-0.1, -0.05) is 37.3 Å². The molecular weight excluding hydrogens is 301 g/mol. The Balaban J connectivity index is 2.35. The molecule has 1 aromatic rings. The Labute approximate surface area is 145 Å². The first-order chi connectivity index (χ1) is 11.2. The normalized spacial score (nSPS) is 19.4. The maximum absolute atomic E-state index is 11.4. The summed E-state index contributed by atoms with van der Waals surface area (Å²) in [5, 5.41) is 2.87. The van der Waals surface area contributed by atoms with Crippen LogP contribution in [-0.4, -0.2) is 30.8 Å². The molecule has 1 heterocycles. The highest BCUT2D eigenvalue weighted by Gasteiger charge is 2.52. The highest BCUT2D eigenvalue weighted by molar-refractivity contribution is 6.56. The minimum Gasteiger partial charge on any atom is -0.400 e. The number of carbonyl (C=O) groups excluding carboxylic acids is 1. The van der Waals surface area contributed by atoms with Crippen LogP contribution in [-0.2, 0) is 20.5 Å². The van der Waals surface area contributed by atoms with Crippen molar-refractivity contribution in [2.24, 2.45) is 0 Å². The Morgan fingerprint density at radius 1 is 1.17 bits per heavy atom. The van der Waals surface area contributed by atoms with E-state index in [0.717, 1.165) is 17.5 Å². The van der Waals surface area contributed by atoms with E-state index in [0.29, 0.717) is 6.54 Å². The maximum Gasteiger partial charge on any atom is 0.492 e. The van der Waals surface area contributed by atoms with Crippen molar-refractivity contribution in [2.75, 3.05) is 6.54 Å². The molecule has 1 saturated heterocycles. The fourth-order valence-corrected chi connectivity index (χ4v) is 2.62. The average Bonchev–Trinajstić information content (AvgIpc) is 2.71. The third-order valence-electron chi connectivity index (χ3n) is 4.87. The van der Waals surface area contributed by atoms with Crippen LogP contribution < -0.4 is 5.32 Å². The van der Waals surface area contributed by atoms with E-state index in [4.69, 9.17) is 9.31 Å². The zero-order valence-electron chi connectivity index (χ0n) is 15.6. The molecule has 1 N–H and O–H groups in total. The first kappa shape index (κ1) is 18.7. The van der Waals surface area contributed by atoms with Gasteiger partial charge in [0.15, 0.2) is 0 Å². The monoisotopic (exact) mass is 329 g/mol. The Hall–Kier alpha value is -1.59. The molecule has 5 heteroatoms. The quantitative estimate of drug-likeness (QED) is 0.842. The highest BCUT2D eigenvalue weighted by Crippen LogP contribution is 2.38. The summed E-state index contributed by atoms with van der Waals surface area (Å²) in [4.78, 5) is 11.4. The largest absolute Gasteiger partial charge is 0.492 e. The number of benzene rings is 1. The van der Waals surface area contributed by atoms with Crippen LogP contribution in [0.15, 0.2) is 29.7 Å². The van der Waals surface area contributed by atoms with E-state index in [1.54, 1.807) is 0 Å². The first-order valence-electron chi connectivity index (χ1n) is 8.54. The zero-order chi connectivity index (χ0) is 18.0. The van der Waals surface area contributed by atoms with Gasteiger partial charge in [0.05, 0.1) is 11.2 Å². The molecule has 0 radical (unpaired) electrons. The van der Waals surface area contributed by atoms with Gasteiger partial charge < -0.3 is 14.6 Å². The van der Waals surface area contributed by atoms with Crippen molar-refractivity contribution in [3.63, 3.8) is 0 Å². The summed E-state index contributed by atoms with van der Waals surface area (Å²) in [7, 11) is -0.466. The van der Waals surface area contributed by atoms with Gasteiger partial charge in [0.25, 0.3) is 0 Å². The third kappa shape index (κ3) is 4.08. The number of hydrogen-bond acceptors (Lipinski definition) is 3. The Bertz CT molecular complexity index is 621. The molecule has 0 aliphatic carbocycles. The van der Waals surface area contributed by atoms with E-state index in [-0.39, 0.29) is 5.91 Å². The number of hydrogen-bond donors (Lipinski definition) is 1. The summed E-state index contributed by atoms with van der Waals surface area (Å²) in [6.07, 6.45) is 3.03. The van der Waals surface area contributed by atoms with Crippen molar-refractivity contribution in [2.45, 2.75) is 59.2 Å². The highest BCUT2D eigenvalue weighted by atomic mass is 16.7. The van der Waals surface area contributed by atoms with E-state index in [9.17, 15) is 4.79 Å². The predicted molar refractivity (Wildman–Crippen MR) is 98.6 cm³/mol. The van der Waals surface area contributed by atoms with E-state index in [2.05, 4.69) is 30.4 Å². The number of amides is 1. The molecule has 1 aliphatic heterocycles. The van der Waals surface area contributed by atoms with Gasteiger partial charge in [-0.05, 0) is 50.7 Å². The van der Waals surface area contributed by atoms with Crippen LogP contribution in [0.4, 0.5) is 0 Å². The number of nitrogens with one attached hydrogen (secondary N) is 1. The predicted octanol–water partition coefficient (Wildman–Crippen LogP) is 3.40. The summed E-state index contributed by atoms with van der Waals surface area (Å²) < 4.78 is 12.3. The Kier molecular flexibility index (Phi) is 5.56. The van der Waals surface area contributed by atoms with Crippen LogP contribution in [0, 0.1) is 0 Å². The third-order valence-corrected chi connectivity index (χ3v) is 4.87. The molecule has 4 nitrogen and oxygen atoms in total. The van der Waals surface area contributed by atoms with Crippen molar-refractivity contribution < 1.29 is 14.1 Å². The summed E-state index contributed by atoms with van der Waals surface area (Å²) in [6.45, 7) is 12.2. The molecule has 1 amide bonds. The molecular formula is C19H28BNO3. The molecule has 0 bridgehead atoms. The van der Waals surface area contributed by atoms with Gasteiger partial charge in [0, 0.05) is 13.5 Å². The molecule has 24 heavy (non-hydrogen) atoms. The second kappa shape index (κ2) is 7.12. The van der Waals surface area contributed by atoms with Crippen molar-refractivity contribution in [1.82, 2.24) is 5.32 Å². The van der Waals surface area contributed by atoms with Gasteiger partial charge >= 0.3 is 7.12 Å². The lowest BCUT2D eigenvalue weighted by molar-refractivity contribution is -0.118. The zero-order valence-corrected chi connectivity index (χ0v) is 15.6. The lowest BCUT2D eigenvalue weighted by atomic mass is 9.76. The molecule has 0 saturated carbocycles. The Morgan fingerprint density at radius 2 is 1.75 bits per heavy atom. The van der Waals surface area contributed by atoms with Crippen molar-refractivity contribution in [1.29, 1.82) is 0 Å². The molecule has 0 spiro atoms. The van der Waals surface area contributed by atoms with E-state index >= 15 is 0 Å².